The van der Waals surface area contributed by atoms with Gasteiger partial charge in [0.15, 0.2) is 0 Å². The zero-order valence-corrected chi connectivity index (χ0v) is 26.4. The van der Waals surface area contributed by atoms with Gasteiger partial charge in [-0.15, -0.1) is 0 Å². The lowest BCUT2D eigenvalue weighted by Gasteiger charge is -2.32. The third kappa shape index (κ3) is 7.86. The normalized spacial score (nSPS) is 13.9. The van der Waals surface area contributed by atoms with Gasteiger partial charge in [-0.2, -0.15) is 5.10 Å². The largest absolute Gasteiger partial charge is 0.497 e. The van der Waals surface area contributed by atoms with Gasteiger partial charge in [-0.3, -0.25) is 10.1 Å². The summed E-state index contributed by atoms with van der Waals surface area (Å²) < 4.78 is 6.99. The third-order valence-corrected chi connectivity index (χ3v) is 8.19. The Labute approximate surface area is 260 Å². The number of nitrogens with zero attached hydrogens (tertiary/aromatic N) is 3. The van der Waals surface area contributed by atoms with Crippen LogP contribution in [0.15, 0.2) is 78.9 Å². The highest BCUT2D eigenvalue weighted by molar-refractivity contribution is 5.99. The van der Waals surface area contributed by atoms with E-state index in [-0.39, 0.29) is 17.4 Å². The summed E-state index contributed by atoms with van der Waals surface area (Å²) >= 11 is 0. The molecule has 0 bridgehead atoms. The van der Waals surface area contributed by atoms with E-state index in [0.29, 0.717) is 18.2 Å². The maximum absolute atomic E-state index is 13.1. The van der Waals surface area contributed by atoms with Gasteiger partial charge < -0.3 is 15.0 Å². The Bertz CT molecular complexity index is 1580. The number of anilines is 2. The van der Waals surface area contributed by atoms with Gasteiger partial charge in [0.25, 0.3) is 0 Å². The highest BCUT2D eigenvalue weighted by atomic mass is 16.5. The maximum Gasteiger partial charge on any atom is 0.324 e. The zero-order valence-electron chi connectivity index (χ0n) is 26.4. The van der Waals surface area contributed by atoms with Crippen LogP contribution in [-0.4, -0.2) is 46.8 Å². The lowest BCUT2D eigenvalue weighted by Crippen LogP contribution is -2.39. The van der Waals surface area contributed by atoms with Crippen LogP contribution in [0.4, 0.5) is 16.3 Å². The minimum atomic E-state index is -0.320. The second kappa shape index (κ2) is 13.4. The molecule has 1 aliphatic heterocycles. The van der Waals surface area contributed by atoms with Crippen LogP contribution < -0.4 is 15.4 Å². The standard InChI is InChI=1S/C36H43N5O3/c1-25-9-13-30(14-10-25)41-33(24-32(39-41)36(2,3)4)38-35(43)37-29-8-6-7-28(22-29)21-27-17-19-40(20-18-27)34(42)23-26-11-15-31(44-5)16-12-26/h6-16,22,24,27H,17-21,23H2,1-5H3,(H2,37,38,43). The Balaban J connectivity index is 1.16. The molecule has 0 unspecified atom stereocenters. The van der Waals surface area contributed by atoms with Crippen LogP contribution >= 0.6 is 0 Å². The van der Waals surface area contributed by atoms with E-state index in [1.54, 1.807) is 11.8 Å². The number of ether oxygens (including phenoxy) is 1. The summed E-state index contributed by atoms with van der Waals surface area (Å²) in [6.07, 6.45) is 3.25. The number of hydrogen-bond donors (Lipinski definition) is 2. The molecule has 0 saturated carbocycles. The highest BCUT2D eigenvalue weighted by Gasteiger charge is 2.24. The van der Waals surface area contributed by atoms with E-state index in [9.17, 15) is 9.59 Å². The van der Waals surface area contributed by atoms with E-state index in [1.807, 2.05) is 84.6 Å². The van der Waals surface area contributed by atoms with Crippen LogP contribution in [0.3, 0.4) is 0 Å². The number of rotatable bonds is 8. The second-order valence-electron chi connectivity index (χ2n) is 12.7. The lowest BCUT2D eigenvalue weighted by atomic mass is 9.90. The molecule has 0 aliphatic carbocycles. The molecule has 4 aromatic rings. The molecule has 8 nitrogen and oxygen atoms in total. The van der Waals surface area contributed by atoms with E-state index in [0.717, 1.165) is 66.3 Å². The predicted octanol–water partition coefficient (Wildman–Crippen LogP) is 7.15. The Hall–Kier alpha value is -4.59. The molecule has 1 aromatic heterocycles. The summed E-state index contributed by atoms with van der Waals surface area (Å²) in [5, 5.41) is 10.8. The Morgan fingerprint density at radius 1 is 0.909 bits per heavy atom. The average molecular weight is 594 g/mol. The van der Waals surface area contributed by atoms with Gasteiger partial charge in [-0.1, -0.05) is 62.7 Å². The van der Waals surface area contributed by atoms with Crippen molar-refractivity contribution in [3.05, 3.63) is 101 Å². The van der Waals surface area contributed by atoms with Crippen molar-refractivity contribution in [3.8, 4) is 11.4 Å². The van der Waals surface area contributed by atoms with Gasteiger partial charge in [0.05, 0.1) is 24.9 Å². The van der Waals surface area contributed by atoms with E-state index >= 15 is 0 Å². The number of benzene rings is 3. The molecule has 3 aromatic carbocycles. The fourth-order valence-corrected chi connectivity index (χ4v) is 5.52. The molecule has 1 aliphatic rings. The van der Waals surface area contributed by atoms with E-state index in [1.165, 1.54) is 5.56 Å². The number of amides is 3. The first-order valence-electron chi connectivity index (χ1n) is 15.3. The highest BCUT2D eigenvalue weighted by Crippen LogP contribution is 2.27. The number of piperidine rings is 1. The molecule has 2 N–H and O–H groups in total. The van der Waals surface area contributed by atoms with Gasteiger partial charge in [0.1, 0.15) is 11.6 Å². The molecule has 230 valence electrons. The number of methoxy groups -OCH3 is 1. The molecule has 5 rings (SSSR count). The van der Waals surface area contributed by atoms with E-state index < -0.39 is 0 Å². The molecule has 2 heterocycles. The van der Waals surface area contributed by atoms with Crippen molar-refractivity contribution >= 4 is 23.4 Å². The van der Waals surface area contributed by atoms with Crippen molar-refractivity contribution in [2.75, 3.05) is 30.8 Å². The summed E-state index contributed by atoms with van der Waals surface area (Å²) in [4.78, 5) is 28.0. The van der Waals surface area contributed by atoms with Crippen molar-refractivity contribution in [3.63, 3.8) is 0 Å². The number of hydrogen-bond acceptors (Lipinski definition) is 4. The Kier molecular flexibility index (Phi) is 9.37. The molecule has 1 saturated heterocycles. The molecule has 3 amide bonds. The first kappa shape index (κ1) is 30.9. The second-order valence-corrected chi connectivity index (χ2v) is 12.7. The van der Waals surface area contributed by atoms with Crippen LogP contribution in [0, 0.1) is 12.8 Å². The van der Waals surface area contributed by atoms with Crippen molar-refractivity contribution in [2.24, 2.45) is 5.92 Å². The van der Waals surface area contributed by atoms with Crippen LogP contribution in [0.5, 0.6) is 5.75 Å². The fourth-order valence-electron chi connectivity index (χ4n) is 5.52. The molecule has 0 spiro atoms. The number of urea groups is 1. The minimum Gasteiger partial charge on any atom is -0.497 e. The van der Waals surface area contributed by atoms with Crippen molar-refractivity contribution in [2.45, 2.75) is 58.8 Å². The Morgan fingerprint density at radius 3 is 2.27 bits per heavy atom. The molecule has 8 heteroatoms. The number of nitrogens with one attached hydrogen (secondary N) is 2. The Morgan fingerprint density at radius 2 is 1.61 bits per heavy atom. The molecule has 1 fully saturated rings. The van der Waals surface area contributed by atoms with Crippen LogP contribution in [0.25, 0.3) is 5.69 Å². The molecule has 44 heavy (non-hydrogen) atoms. The van der Waals surface area contributed by atoms with E-state index in [4.69, 9.17) is 9.84 Å². The first-order chi connectivity index (χ1) is 21.1. The lowest BCUT2D eigenvalue weighted by molar-refractivity contribution is -0.131. The summed E-state index contributed by atoms with van der Waals surface area (Å²) in [6, 6.07) is 25.4. The zero-order chi connectivity index (χ0) is 31.3. The summed E-state index contributed by atoms with van der Waals surface area (Å²) in [6.45, 7) is 9.90. The number of aromatic nitrogens is 2. The third-order valence-electron chi connectivity index (χ3n) is 8.19. The van der Waals surface area contributed by atoms with Crippen molar-refractivity contribution in [1.82, 2.24) is 14.7 Å². The van der Waals surface area contributed by atoms with Gasteiger partial charge in [-0.05, 0) is 79.6 Å². The van der Waals surface area contributed by atoms with Crippen LogP contribution in [-0.2, 0) is 23.1 Å². The van der Waals surface area contributed by atoms with Gasteiger partial charge in [-0.25, -0.2) is 9.48 Å². The number of carbonyl (C=O) groups is 2. The summed E-state index contributed by atoms with van der Waals surface area (Å²) in [5.41, 5.74) is 5.68. The van der Waals surface area contributed by atoms with Gasteiger partial charge in [0.2, 0.25) is 5.91 Å². The number of likely N-dealkylation sites (tertiary alicyclic amines) is 1. The van der Waals surface area contributed by atoms with E-state index in [2.05, 4.69) is 37.5 Å². The van der Waals surface area contributed by atoms with Crippen molar-refractivity contribution in [1.29, 1.82) is 0 Å². The molecular weight excluding hydrogens is 550 g/mol. The molecular formula is C36H43N5O3. The fraction of sp³-hybridized carbons (Fsp3) is 0.361. The predicted molar refractivity (Wildman–Crippen MR) is 176 cm³/mol. The van der Waals surface area contributed by atoms with Gasteiger partial charge in [0, 0.05) is 30.3 Å². The number of aryl methyl sites for hydroxylation is 1. The van der Waals surface area contributed by atoms with Crippen molar-refractivity contribution < 1.29 is 14.3 Å². The maximum atomic E-state index is 13.1. The summed E-state index contributed by atoms with van der Waals surface area (Å²) in [5.74, 6) is 2.07. The molecule has 0 radical (unpaired) electrons. The van der Waals surface area contributed by atoms with Crippen LogP contribution in [0.1, 0.15) is 56.0 Å². The smallest absolute Gasteiger partial charge is 0.324 e. The summed E-state index contributed by atoms with van der Waals surface area (Å²) in [7, 11) is 1.64. The average Bonchev–Trinajstić information content (AvgIpc) is 3.43. The first-order valence-corrected chi connectivity index (χ1v) is 15.3. The monoisotopic (exact) mass is 593 g/mol. The quantitative estimate of drug-likeness (QED) is 0.227. The van der Waals surface area contributed by atoms with Gasteiger partial charge >= 0.3 is 6.03 Å². The SMILES string of the molecule is COc1ccc(CC(=O)N2CCC(Cc3cccc(NC(=O)Nc4cc(C(C)(C)C)nn4-c4ccc(C)cc4)c3)CC2)cc1. The van der Waals surface area contributed by atoms with Crippen LogP contribution in [0.2, 0.25) is 0 Å². The molecule has 0 atom stereocenters. The number of carbonyl (C=O) groups excluding carboxylic acids is 2. The topological polar surface area (TPSA) is 88.5 Å². The minimum absolute atomic E-state index is 0.169.